The van der Waals surface area contributed by atoms with Gasteiger partial charge >= 0.3 is 6.36 Å². The fourth-order valence-electron chi connectivity index (χ4n) is 1.65. The quantitative estimate of drug-likeness (QED) is 0.896. The third kappa shape index (κ3) is 4.54. The molecule has 0 saturated carbocycles. The molecule has 0 heterocycles. The van der Waals surface area contributed by atoms with Crippen molar-refractivity contribution in [3.05, 3.63) is 28.8 Å². The highest BCUT2D eigenvalue weighted by atomic mass is 35.5. The van der Waals surface area contributed by atoms with Gasteiger partial charge < -0.3 is 15.6 Å². The van der Waals surface area contributed by atoms with Crippen LogP contribution in [0.2, 0.25) is 5.02 Å². The number of hydrogen-bond donors (Lipinski definition) is 2. The number of benzene rings is 1. The molecule has 2 atom stereocenters. The first-order valence-electron chi connectivity index (χ1n) is 5.90. The van der Waals surface area contributed by atoms with Gasteiger partial charge in [-0.3, -0.25) is 0 Å². The van der Waals surface area contributed by atoms with Gasteiger partial charge in [-0.2, -0.15) is 0 Å². The SMILES string of the molecule is CC(C)(C)[C@H](O)[C@H](N)c1ccc(OC(F)(F)F)c(Cl)c1. The van der Waals surface area contributed by atoms with Crippen LogP contribution in [0, 0.1) is 5.41 Å². The molecule has 0 fully saturated rings. The Morgan fingerprint density at radius 2 is 1.80 bits per heavy atom. The van der Waals surface area contributed by atoms with E-state index in [-0.39, 0.29) is 5.02 Å². The van der Waals surface area contributed by atoms with Crippen LogP contribution in [0.25, 0.3) is 0 Å². The monoisotopic (exact) mass is 311 g/mol. The van der Waals surface area contributed by atoms with Crippen molar-refractivity contribution in [2.24, 2.45) is 11.1 Å². The smallest absolute Gasteiger partial charge is 0.404 e. The summed E-state index contributed by atoms with van der Waals surface area (Å²) >= 11 is 5.74. The van der Waals surface area contributed by atoms with Crippen LogP contribution in [-0.2, 0) is 0 Å². The average molecular weight is 312 g/mol. The summed E-state index contributed by atoms with van der Waals surface area (Å²) in [5, 5.41) is 9.86. The fourth-order valence-corrected chi connectivity index (χ4v) is 1.88. The standard InChI is InChI=1S/C13H17ClF3NO2/c1-12(2,3)11(19)10(18)7-4-5-9(8(14)6-7)20-13(15,16)17/h4-6,10-11,19H,18H2,1-3H3/t10-,11-/m1/s1. The molecule has 1 rings (SSSR count). The summed E-state index contributed by atoms with van der Waals surface area (Å²) in [6.07, 6.45) is -5.67. The van der Waals surface area contributed by atoms with Crippen LogP contribution < -0.4 is 10.5 Å². The van der Waals surface area contributed by atoms with Crippen molar-refractivity contribution in [1.82, 2.24) is 0 Å². The van der Waals surface area contributed by atoms with Crippen molar-refractivity contribution >= 4 is 11.6 Å². The summed E-state index contributed by atoms with van der Waals surface area (Å²) in [5.74, 6) is -0.500. The number of hydrogen-bond acceptors (Lipinski definition) is 3. The number of halogens is 4. The van der Waals surface area contributed by atoms with Crippen molar-refractivity contribution < 1.29 is 23.0 Å². The Morgan fingerprint density at radius 1 is 1.25 bits per heavy atom. The highest BCUT2D eigenvalue weighted by Crippen LogP contribution is 2.34. The minimum atomic E-state index is -4.81. The van der Waals surface area contributed by atoms with Crippen LogP contribution in [0.5, 0.6) is 5.75 Å². The summed E-state index contributed by atoms with van der Waals surface area (Å²) in [6.45, 7) is 5.42. The predicted octanol–water partition coefficient (Wildman–Crippen LogP) is 3.65. The van der Waals surface area contributed by atoms with E-state index >= 15 is 0 Å². The van der Waals surface area contributed by atoms with Gasteiger partial charge in [-0.05, 0) is 23.1 Å². The maximum Gasteiger partial charge on any atom is 0.573 e. The highest BCUT2D eigenvalue weighted by molar-refractivity contribution is 6.32. The molecule has 0 unspecified atom stereocenters. The van der Waals surface area contributed by atoms with E-state index in [0.717, 1.165) is 6.07 Å². The molecule has 0 aliphatic rings. The molecule has 0 spiro atoms. The molecule has 0 saturated heterocycles. The molecular weight excluding hydrogens is 295 g/mol. The van der Waals surface area contributed by atoms with Gasteiger partial charge in [0.05, 0.1) is 17.2 Å². The predicted molar refractivity (Wildman–Crippen MR) is 70.5 cm³/mol. The van der Waals surface area contributed by atoms with E-state index in [2.05, 4.69) is 4.74 Å². The van der Waals surface area contributed by atoms with Crippen LogP contribution in [-0.4, -0.2) is 17.6 Å². The lowest BCUT2D eigenvalue weighted by Gasteiger charge is -2.31. The Bertz CT molecular complexity index is 472. The van der Waals surface area contributed by atoms with E-state index in [4.69, 9.17) is 17.3 Å². The molecule has 7 heteroatoms. The summed E-state index contributed by atoms with van der Waals surface area (Å²) < 4.78 is 40.1. The molecule has 1 aromatic carbocycles. The molecule has 0 amide bonds. The first-order chi connectivity index (χ1) is 8.92. The summed E-state index contributed by atoms with van der Waals surface area (Å²) in [4.78, 5) is 0. The number of nitrogens with two attached hydrogens (primary N) is 1. The molecular formula is C13H17ClF3NO2. The molecule has 0 bridgehead atoms. The average Bonchev–Trinajstić information content (AvgIpc) is 2.27. The van der Waals surface area contributed by atoms with Crippen molar-refractivity contribution in [3.8, 4) is 5.75 Å². The number of rotatable bonds is 3. The van der Waals surface area contributed by atoms with Gasteiger partial charge in [-0.1, -0.05) is 38.4 Å². The maximum absolute atomic E-state index is 12.1. The lowest BCUT2D eigenvalue weighted by molar-refractivity contribution is -0.274. The molecule has 114 valence electrons. The maximum atomic E-state index is 12.1. The topological polar surface area (TPSA) is 55.5 Å². The van der Waals surface area contributed by atoms with Gasteiger partial charge in [0.2, 0.25) is 0 Å². The van der Waals surface area contributed by atoms with E-state index in [1.54, 1.807) is 20.8 Å². The summed E-state index contributed by atoms with van der Waals surface area (Å²) in [7, 11) is 0. The van der Waals surface area contributed by atoms with Crippen molar-refractivity contribution in [3.63, 3.8) is 0 Å². The van der Waals surface area contributed by atoms with E-state index in [0.29, 0.717) is 5.56 Å². The Kier molecular flexibility index (Phi) is 4.94. The van der Waals surface area contributed by atoms with Crippen molar-refractivity contribution in [2.75, 3.05) is 0 Å². The molecule has 0 radical (unpaired) electrons. The Labute approximate surface area is 120 Å². The van der Waals surface area contributed by atoms with E-state index in [1.165, 1.54) is 12.1 Å². The number of aliphatic hydroxyl groups excluding tert-OH is 1. The van der Waals surface area contributed by atoms with Crippen LogP contribution in [0.15, 0.2) is 18.2 Å². The zero-order valence-corrected chi connectivity index (χ0v) is 12.1. The van der Waals surface area contributed by atoms with Crippen molar-refractivity contribution in [2.45, 2.75) is 39.3 Å². The minimum absolute atomic E-state index is 0.212. The molecule has 0 aliphatic heterocycles. The second-order valence-electron chi connectivity index (χ2n) is 5.57. The molecule has 3 nitrogen and oxygen atoms in total. The zero-order chi connectivity index (χ0) is 15.7. The number of aliphatic hydroxyl groups is 1. The van der Waals surface area contributed by atoms with Crippen LogP contribution in [0.4, 0.5) is 13.2 Å². The third-order valence-corrected chi connectivity index (χ3v) is 3.09. The summed E-state index contributed by atoms with van der Waals surface area (Å²) in [5.41, 5.74) is 5.87. The van der Waals surface area contributed by atoms with Gasteiger partial charge in [-0.15, -0.1) is 13.2 Å². The lowest BCUT2D eigenvalue weighted by Crippen LogP contribution is -2.36. The van der Waals surface area contributed by atoms with Gasteiger partial charge in [0.25, 0.3) is 0 Å². The van der Waals surface area contributed by atoms with Crippen LogP contribution in [0.3, 0.4) is 0 Å². The van der Waals surface area contributed by atoms with Gasteiger partial charge in [0, 0.05) is 0 Å². The molecule has 0 aromatic heterocycles. The normalized spacial score (nSPS) is 15.8. The number of ether oxygens (including phenoxy) is 1. The van der Waals surface area contributed by atoms with Gasteiger partial charge in [-0.25, -0.2) is 0 Å². The van der Waals surface area contributed by atoms with Crippen LogP contribution >= 0.6 is 11.6 Å². The first-order valence-corrected chi connectivity index (χ1v) is 6.28. The summed E-state index contributed by atoms with van der Waals surface area (Å²) in [6, 6.07) is 2.95. The number of alkyl halides is 3. The molecule has 1 aromatic rings. The van der Waals surface area contributed by atoms with Crippen LogP contribution in [0.1, 0.15) is 32.4 Å². The van der Waals surface area contributed by atoms with Gasteiger partial charge in [0.1, 0.15) is 5.75 Å². The Hall–Kier alpha value is -0.980. The zero-order valence-electron chi connectivity index (χ0n) is 11.3. The van der Waals surface area contributed by atoms with E-state index in [9.17, 15) is 18.3 Å². The van der Waals surface area contributed by atoms with Crippen molar-refractivity contribution in [1.29, 1.82) is 0 Å². The molecule has 0 aliphatic carbocycles. The molecule has 20 heavy (non-hydrogen) atoms. The molecule has 3 N–H and O–H groups in total. The second kappa shape index (κ2) is 5.79. The minimum Gasteiger partial charge on any atom is -0.404 e. The Morgan fingerprint density at radius 3 is 2.20 bits per heavy atom. The Balaban J connectivity index is 2.98. The van der Waals surface area contributed by atoms with E-state index < -0.39 is 29.7 Å². The lowest BCUT2D eigenvalue weighted by atomic mass is 9.82. The first kappa shape index (κ1) is 17.1. The van der Waals surface area contributed by atoms with Gasteiger partial charge in [0.15, 0.2) is 0 Å². The van der Waals surface area contributed by atoms with E-state index in [1.807, 2.05) is 0 Å². The third-order valence-electron chi connectivity index (χ3n) is 2.79. The fraction of sp³-hybridized carbons (Fsp3) is 0.538. The largest absolute Gasteiger partial charge is 0.573 e. The highest BCUT2D eigenvalue weighted by Gasteiger charge is 2.33. The second-order valence-corrected chi connectivity index (χ2v) is 5.98.